The van der Waals surface area contributed by atoms with Crippen LogP contribution in [0.2, 0.25) is 0 Å². The quantitative estimate of drug-likeness (QED) is 0.503. The number of thioether (sulfide) groups is 1. The topological polar surface area (TPSA) is 90.4 Å². The molecule has 5 nitrogen and oxygen atoms in total. The fraction of sp³-hybridized carbons (Fsp3) is 0.278. The molecule has 0 aliphatic heterocycles. The molecule has 0 bridgehead atoms. The summed E-state index contributed by atoms with van der Waals surface area (Å²) >= 11 is 5.38. The highest BCUT2D eigenvalue weighted by Crippen LogP contribution is 2.22. The first-order valence-electron chi connectivity index (χ1n) is 7.36. The summed E-state index contributed by atoms with van der Waals surface area (Å²) in [6, 6.07) is 7.89. The Morgan fingerprint density at radius 1 is 1.04 bits per heavy atom. The van der Waals surface area contributed by atoms with Crippen LogP contribution < -0.4 is 0 Å². The number of rotatable bonds is 3. The Bertz CT molecular complexity index is 844. The maximum Gasteiger partial charge on any atom is 0.130 e. The fourth-order valence-corrected chi connectivity index (χ4v) is 3.28. The molecule has 0 saturated heterocycles. The molecule has 0 saturated carbocycles. The van der Waals surface area contributed by atoms with Crippen molar-refractivity contribution in [2.45, 2.75) is 37.7 Å². The van der Waals surface area contributed by atoms with Crippen molar-refractivity contribution in [2.75, 3.05) is 5.75 Å². The predicted molar refractivity (Wildman–Crippen MR) is 101 cm³/mol. The molecular weight excluding hydrogens is 352 g/mol. The van der Waals surface area contributed by atoms with Crippen molar-refractivity contribution in [1.82, 2.24) is 9.97 Å². The number of aldehydes is 1. The lowest BCUT2D eigenvalue weighted by molar-refractivity contribution is -0.105. The molecule has 0 N–H and O–H groups in total. The molecule has 0 atom stereocenters. The van der Waals surface area contributed by atoms with Crippen molar-refractivity contribution in [3.05, 3.63) is 45.8 Å². The molecule has 2 heterocycles. The van der Waals surface area contributed by atoms with E-state index in [2.05, 4.69) is 34.7 Å². The van der Waals surface area contributed by atoms with Gasteiger partial charge in [0.1, 0.15) is 28.5 Å². The van der Waals surface area contributed by atoms with Crippen LogP contribution in [0.15, 0.2) is 22.2 Å². The maximum absolute atomic E-state index is 10.2. The Hall–Kier alpha value is -2.35. The third-order valence-corrected chi connectivity index (χ3v) is 4.34. The third kappa shape index (κ3) is 5.90. The average Bonchev–Trinajstić information content (AvgIpc) is 2.52. The Balaban J connectivity index is 0.000000257. The van der Waals surface area contributed by atoms with Gasteiger partial charge >= 0.3 is 0 Å². The summed E-state index contributed by atoms with van der Waals surface area (Å²) in [5, 5.41) is 18.7. The number of nitriles is 2. The van der Waals surface area contributed by atoms with E-state index in [9.17, 15) is 4.79 Å². The highest BCUT2D eigenvalue weighted by atomic mass is 32.2. The molecular formula is C18H18N4OS2. The van der Waals surface area contributed by atoms with Gasteiger partial charge in [-0.25, -0.2) is 9.97 Å². The molecule has 0 amide bonds. The standard InChI is InChI=1S/C10H10N2OS.C8H8N2S/c1-7-5-8(2)12-10(9(7)6-11)14-4-3-13;1-5-3-6(2)10-8(11)7(5)4-9/h3,5H,4H2,1-2H3;3H,1-2H3,(H,10,11). The summed E-state index contributed by atoms with van der Waals surface area (Å²) in [6.07, 6.45) is 0.811. The van der Waals surface area contributed by atoms with Crippen molar-refractivity contribution in [3.63, 3.8) is 0 Å². The number of aromatic nitrogens is 2. The molecule has 0 aromatic carbocycles. The smallest absolute Gasteiger partial charge is 0.130 e. The van der Waals surface area contributed by atoms with Crippen LogP contribution in [0.3, 0.4) is 0 Å². The summed E-state index contributed by atoms with van der Waals surface area (Å²) < 4.78 is 0. The molecule has 0 unspecified atom stereocenters. The first kappa shape index (κ1) is 20.7. The summed E-state index contributed by atoms with van der Waals surface area (Å²) in [5.41, 5.74) is 4.75. The van der Waals surface area contributed by atoms with Crippen LogP contribution >= 0.6 is 24.4 Å². The van der Waals surface area contributed by atoms with Crippen LogP contribution in [0.1, 0.15) is 33.6 Å². The van der Waals surface area contributed by atoms with E-state index in [0.29, 0.717) is 26.9 Å². The van der Waals surface area contributed by atoms with Crippen molar-refractivity contribution in [1.29, 1.82) is 10.5 Å². The van der Waals surface area contributed by atoms with Crippen LogP contribution in [0, 0.1) is 50.4 Å². The SMILES string of the molecule is Cc1cc(C)c(C#N)c(S)n1.Cc1cc(C)c(C#N)c(SCC=O)n1. The van der Waals surface area contributed by atoms with Gasteiger partial charge in [0, 0.05) is 11.4 Å². The van der Waals surface area contributed by atoms with Gasteiger partial charge in [-0.3, -0.25) is 0 Å². The lowest BCUT2D eigenvalue weighted by Gasteiger charge is -2.04. The van der Waals surface area contributed by atoms with Gasteiger partial charge in [-0.05, 0) is 51.0 Å². The molecule has 0 fully saturated rings. The number of hydrogen-bond acceptors (Lipinski definition) is 7. The van der Waals surface area contributed by atoms with Crippen molar-refractivity contribution >= 4 is 30.7 Å². The zero-order valence-corrected chi connectivity index (χ0v) is 16.2. The van der Waals surface area contributed by atoms with Gasteiger partial charge in [0.05, 0.1) is 16.9 Å². The van der Waals surface area contributed by atoms with Crippen LogP contribution in [-0.4, -0.2) is 22.0 Å². The summed E-state index contributed by atoms with van der Waals surface area (Å²) in [6.45, 7) is 7.51. The second kappa shape index (κ2) is 9.83. The van der Waals surface area contributed by atoms with Gasteiger partial charge < -0.3 is 4.79 Å². The summed E-state index contributed by atoms with van der Waals surface area (Å²) in [5.74, 6) is 0.338. The summed E-state index contributed by atoms with van der Waals surface area (Å²) in [7, 11) is 0. The molecule has 25 heavy (non-hydrogen) atoms. The minimum Gasteiger partial charge on any atom is -0.302 e. The van der Waals surface area contributed by atoms with Crippen molar-refractivity contribution < 1.29 is 4.79 Å². The molecule has 0 aliphatic carbocycles. The van der Waals surface area contributed by atoms with E-state index in [4.69, 9.17) is 10.5 Å². The van der Waals surface area contributed by atoms with Gasteiger partial charge in [-0.1, -0.05) is 11.8 Å². The summed E-state index contributed by atoms with van der Waals surface area (Å²) in [4.78, 5) is 18.5. The van der Waals surface area contributed by atoms with Gasteiger partial charge in [0.15, 0.2) is 0 Å². The molecule has 128 valence electrons. The number of thiol groups is 1. The Morgan fingerprint density at radius 2 is 1.56 bits per heavy atom. The highest BCUT2D eigenvalue weighted by Gasteiger charge is 2.08. The number of nitrogens with zero attached hydrogens (tertiary/aromatic N) is 4. The second-order valence-corrected chi connectivity index (χ2v) is 6.67. The van der Waals surface area contributed by atoms with Crippen LogP contribution in [0.25, 0.3) is 0 Å². The molecule has 0 spiro atoms. The lowest BCUT2D eigenvalue weighted by Crippen LogP contribution is -1.95. The van der Waals surface area contributed by atoms with E-state index in [1.54, 1.807) is 0 Å². The van der Waals surface area contributed by atoms with Crippen molar-refractivity contribution in [3.8, 4) is 12.1 Å². The Kier molecular flexibility index (Phi) is 8.13. The van der Waals surface area contributed by atoms with E-state index in [0.717, 1.165) is 28.8 Å². The monoisotopic (exact) mass is 370 g/mol. The van der Waals surface area contributed by atoms with Gasteiger partial charge in [0.2, 0.25) is 0 Å². The Morgan fingerprint density at radius 3 is 2.04 bits per heavy atom. The molecule has 0 radical (unpaired) electrons. The minimum absolute atomic E-state index is 0.338. The molecule has 7 heteroatoms. The molecule has 2 aromatic heterocycles. The largest absolute Gasteiger partial charge is 0.302 e. The minimum atomic E-state index is 0.338. The van der Waals surface area contributed by atoms with Crippen molar-refractivity contribution in [2.24, 2.45) is 0 Å². The average molecular weight is 371 g/mol. The molecule has 2 rings (SSSR count). The van der Waals surface area contributed by atoms with Gasteiger partial charge in [-0.2, -0.15) is 10.5 Å². The number of carbonyl (C=O) groups excluding carboxylic acids is 1. The highest BCUT2D eigenvalue weighted by molar-refractivity contribution is 7.99. The normalized spacial score (nSPS) is 9.40. The van der Waals surface area contributed by atoms with E-state index >= 15 is 0 Å². The second-order valence-electron chi connectivity index (χ2n) is 5.24. The predicted octanol–water partition coefficient (Wildman–Crippen LogP) is 3.72. The zero-order chi connectivity index (χ0) is 19.0. The maximum atomic E-state index is 10.2. The lowest BCUT2D eigenvalue weighted by atomic mass is 10.1. The van der Waals surface area contributed by atoms with Crippen LogP contribution in [0.4, 0.5) is 0 Å². The van der Waals surface area contributed by atoms with Gasteiger partial charge in [-0.15, -0.1) is 12.6 Å². The first-order chi connectivity index (χ1) is 11.8. The van der Waals surface area contributed by atoms with E-state index in [1.165, 1.54) is 11.8 Å². The van der Waals surface area contributed by atoms with Crippen LogP contribution in [0.5, 0.6) is 0 Å². The van der Waals surface area contributed by atoms with Crippen LogP contribution in [-0.2, 0) is 4.79 Å². The zero-order valence-electron chi connectivity index (χ0n) is 14.5. The van der Waals surface area contributed by atoms with E-state index in [-0.39, 0.29) is 0 Å². The van der Waals surface area contributed by atoms with E-state index < -0.39 is 0 Å². The first-order valence-corrected chi connectivity index (χ1v) is 8.79. The van der Waals surface area contributed by atoms with E-state index in [1.807, 2.05) is 39.8 Å². The van der Waals surface area contributed by atoms with Gasteiger partial charge in [0.25, 0.3) is 0 Å². The molecule has 2 aromatic rings. The fourth-order valence-electron chi connectivity index (χ4n) is 2.11. The number of hydrogen-bond donors (Lipinski definition) is 1. The Labute approximate surface area is 157 Å². The third-order valence-electron chi connectivity index (χ3n) is 3.15. The number of aryl methyl sites for hydroxylation is 4. The molecule has 0 aliphatic rings. The number of pyridine rings is 2. The number of carbonyl (C=O) groups is 1.